The van der Waals surface area contributed by atoms with Crippen molar-refractivity contribution in [3.05, 3.63) is 65.3 Å². The molecule has 2 aromatic heterocycles. The molecule has 0 bridgehead atoms. The Labute approximate surface area is 170 Å². The molecule has 1 aliphatic heterocycles. The van der Waals surface area contributed by atoms with E-state index >= 15 is 0 Å². The number of nitrogens with one attached hydrogen (secondary N) is 1. The number of aliphatic hydroxyl groups is 1. The van der Waals surface area contributed by atoms with E-state index in [2.05, 4.69) is 15.3 Å². The zero-order valence-corrected chi connectivity index (χ0v) is 15.5. The Balaban J connectivity index is 1.74. The number of pyridine rings is 1. The highest BCUT2D eigenvalue weighted by Gasteiger charge is 2.27. The normalized spacial score (nSPS) is 13.5. The van der Waals surface area contributed by atoms with Crippen LogP contribution in [0.2, 0.25) is 0 Å². The number of aromatic nitrogens is 1. The van der Waals surface area contributed by atoms with Crippen LogP contribution in [0.1, 0.15) is 21.7 Å². The van der Waals surface area contributed by atoms with E-state index in [4.69, 9.17) is 14.3 Å². The second-order valence-corrected chi connectivity index (χ2v) is 6.24. The molecule has 0 radical (unpaired) electrons. The average Bonchev–Trinajstić information content (AvgIpc) is 3.29. The first-order chi connectivity index (χ1) is 14.6. The maximum Gasteiger partial charge on any atom is 0.347 e. The van der Waals surface area contributed by atoms with Crippen LogP contribution in [0.5, 0.6) is 5.75 Å². The minimum absolute atomic E-state index is 0.00582. The molecule has 0 fully saturated rings. The van der Waals surface area contributed by atoms with Crippen LogP contribution in [-0.4, -0.2) is 40.6 Å². The molecular formula is C21H16FN3O5. The number of anilines is 2. The topological polar surface area (TPSA) is 117 Å². The van der Waals surface area contributed by atoms with Gasteiger partial charge >= 0.3 is 5.97 Å². The number of halogens is 1. The van der Waals surface area contributed by atoms with Crippen molar-refractivity contribution >= 4 is 41.2 Å². The smallest absolute Gasteiger partial charge is 0.347 e. The molecule has 0 aliphatic carbocycles. The van der Waals surface area contributed by atoms with Gasteiger partial charge < -0.3 is 24.7 Å². The number of aliphatic hydroxyl groups excluding tert-OH is 1. The van der Waals surface area contributed by atoms with Gasteiger partial charge in [-0.2, -0.15) is 0 Å². The summed E-state index contributed by atoms with van der Waals surface area (Å²) in [6.45, 7) is -0.621. The molecular weight excluding hydrogens is 393 g/mol. The number of aliphatic imine (C=N–C) groups is 1. The van der Waals surface area contributed by atoms with Crippen molar-refractivity contribution in [2.75, 3.05) is 18.5 Å². The van der Waals surface area contributed by atoms with Crippen LogP contribution in [0.3, 0.4) is 0 Å². The van der Waals surface area contributed by atoms with Crippen LogP contribution in [0.4, 0.5) is 21.8 Å². The summed E-state index contributed by atoms with van der Waals surface area (Å²) in [6, 6.07) is 8.92. The van der Waals surface area contributed by atoms with Gasteiger partial charge in [0, 0.05) is 29.2 Å². The average molecular weight is 409 g/mol. The number of furan rings is 1. The number of nitrogens with zero attached hydrogens (tertiary/aromatic N) is 2. The van der Waals surface area contributed by atoms with E-state index in [1.165, 1.54) is 30.3 Å². The minimum Gasteiger partial charge on any atom is -0.504 e. The Morgan fingerprint density at radius 2 is 2.07 bits per heavy atom. The fraction of sp³-hybridized carbons (Fsp3) is 0.0952. The molecule has 30 heavy (non-hydrogen) atoms. The molecule has 0 saturated heterocycles. The highest BCUT2D eigenvalue weighted by atomic mass is 19.1. The summed E-state index contributed by atoms with van der Waals surface area (Å²) in [5.41, 5.74) is 1.55. The van der Waals surface area contributed by atoms with Crippen LogP contribution in [0.15, 0.2) is 52.0 Å². The number of benzene rings is 1. The number of esters is 1. The van der Waals surface area contributed by atoms with Crippen molar-refractivity contribution in [1.29, 1.82) is 0 Å². The third kappa shape index (κ3) is 3.78. The van der Waals surface area contributed by atoms with Crippen LogP contribution >= 0.6 is 0 Å². The Morgan fingerprint density at radius 1 is 1.27 bits per heavy atom. The lowest BCUT2D eigenvalue weighted by Gasteiger charge is -2.06. The van der Waals surface area contributed by atoms with Crippen molar-refractivity contribution < 1.29 is 28.6 Å². The van der Waals surface area contributed by atoms with Gasteiger partial charge in [0.05, 0.1) is 6.61 Å². The molecule has 0 atom stereocenters. The molecule has 152 valence electrons. The van der Waals surface area contributed by atoms with Gasteiger partial charge in [-0.05, 0) is 42.5 Å². The van der Waals surface area contributed by atoms with Gasteiger partial charge in [0.1, 0.15) is 12.4 Å². The standard InChI is InChI=1S/C21H16FN3O5/c22-13-3-5-14(6-4-13)25-20-17(21(28)29-9-8-26)18(27)16(30-20)10-12-11-24-19-15(12)2-1-7-23-19/h1-7,10-11,25-27H,8-9H2. The second kappa shape index (κ2) is 8.18. The van der Waals surface area contributed by atoms with Gasteiger partial charge in [-0.25, -0.2) is 19.2 Å². The highest BCUT2D eigenvalue weighted by Crippen LogP contribution is 2.39. The maximum absolute atomic E-state index is 13.2. The lowest BCUT2D eigenvalue weighted by atomic mass is 10.1. The number of rotatable bonds is 6. The Morgan fingerprint density at radius 3 is 2.83 bits per heavy atom. The van der Waals surface area contributed by atoms with E-state index in [9.17, 15) is 14.3 Å². The van der Waals surface area contributed by atoms with Gasteiger partial charge in [-0.1, -0.05) is 0 Å². The molecule has 8 nitrogen and oxygen atoms in total. The van der Waals surface area contributed by atoms with Gasteiger partial charge in [0.2, 0.25) is 5.88 Å². The largest absolute Gasteiger partial charge is 0.504 e. The minimum atomic E-state index is -0.887. The van der Waals surface area contributed by atoms with E-state index in [-0.39, 0.29) is 30.4 Å². The van der Waals surface area contributed by atoms with Gasteiger partial charge in [-0.3, -0.25) is 0 Å². The Kier molecular flexibility index (Phi) is 5.27. The van der Waals surface area contributed by atoms with Crippen LogP contribution in [0.25, 0.3) is 11.6 Å². The van der Waals surface area contributed by atoms with Gasteiger partial charge in [0.25, 0.3) is 0 Å². The SMILES string of the molecule is O=C(OCCO)c1c(Nc2ccc(F)cc2)oc(C=C2C=Nc3ncccc32)c1O. The maximum atomic E-state index is 13.2. The summed E-state index contributed by atoms with van der Waals surface area (Å²) in [5, 5.41) is 22.4. The molecule has 3 heterocycles. The molecule has 3 aromatic rings. The lowest BCUT2D eigenvalue weighted by molar-refractivity contribution is 0.0431. The summed E-state index contributed by atoms with van der Waals surface area (Å²) in [7, 11) is 0. The molecule has 1 aromatic carbocycles. The van der Waals surface area contributed by atoms with Crippen molar-refractivity contribution in [1.82, 2.24) is 4.98 Å². The number of allylic oxidation sites excluding steroid dienone is 1. The zero-order chi connectivity index (χ0) is 21.1. The van der Waals surface area contributed by atoms with E-state index in [0.29, 0.717) is 17.1 Å². The van der Waals surface area contributed by atoms with E-state index in [1.807, 2.05) is 6.07 Å². The zero-order valence-electron chi connectivity index (χ0n) is 15.5. The van der Waals surface area contributed by atoms with Crippen LogP contribution < -0.4 is 5.32 Å². The predicted molar refractivity (Wildman–Crippen MR) is 108 cm³/mol. The van der Waals surface area contributed by atoms with Crippen LogP contribution in [-0.2, 0) is 4.74 Å². The van der Waals surface area contributed by atoms with Crippen molar-refractivity contribution in [2.45, 2.75) is 0 Å². The van der Waals surface area contributed by atoms with E-state index < -0.39 is 17.5 Å². The third-order valence-electron chi connectivity index (χ3n) is 4.25. The summed E-state index contributed by atoms with van der Waals surface area (Å²) in [5.74, 6) is -1.32. The molecule has 1 aliphatic rings. The summed E-state index contributed by atoms with van der Waals surface area (Å²) >= 11 is 0. The number of carbonyl (C=O) groups is 1. The summed E-state index contributed by atoms with van der Waals surface area (Å²) in [6.07, 6.45) is 4.70. The first-order valence-electron chi connectivity index (χ1n) is 8.94. The first kappa shape index (κ1) is 19.3. The second-order valence-electron chi connectivity index (χ2n) is 6.24. The van der Waals surface area contributed by atoms with Gasteiger partial charge in [0.15, 0.2) is 22.9 Å². The quantitative estimate of drug-likeness (QED) is 0.532. The summed E-state index contributed by atoms with van der Waals surface area (Å²) < 4.78 is 23.8. The number of ether oxygens (including phenoxy) is 1. The molecule has 0 spiro atoms. The predicted octanol–water partition coefficient (Wildman–Crippen LogP) is 3.67. The van der Waals surface area contributed by atoms with Gasteiger partial charge in [-0.15, -0.1) is 0 Å². The molecule has 0 saturated carbocycles. The lowest BCUT2D eigenvalue weighted by Crippen LogP contribution is -2.09. The fourth-order valence-electron chi connectivity index (χ4n) is 2.87. The number of aromatic hydroxyl groups is 1. The number of hydrogen-bond acceptors (Lipinski definition) is 8. The molecule has 4 rings (SSSR count). The Bertz CT molecular complexity index is 1150. The number of carbonyl (C=O) groups excluding carboxylic acids is 1. The molecule has 0 unspecified atom stereocenters. The Hall–Kier alpha value is -3.98. The fourth-order valence-corrected chi connectivity index (χ4v) is 2.87. The first-order valence-corrected chi connectivity index (χ1v) is 8.94. The van der Waals surface area contributed by atoms with Crippen molar-refractivity contribution in [3.63, 3.8) is 0 Å². The monoisotopic (exact) mass is 409 g/mol. The molecule has 3 N–H and O–H groups in total. The third-order valence-corrected chi connectivity index (χ3v) is 4.25. The molecule has 9 heteroatoms. The summed E-state index contributed by atoms with van der Waals surface area (Å²) in [4.78, 5) is 20.8. The van der Waals surface area contributed by atoms with E-state index in [0.717, 1.165) is 5.56 Å². The molecule has 0 amide bonds. The van der Waals surface area contributed by atoms with Crippen LogP contribution in [0, 0.1) is 5.82 Å². The van der Waals surface area contributed by atoms with Crippen molar-refractivity contribution in [2.24, 2.45) is 4.99 Å². The van der Waals surface area contributed by atoms with E-state index in [1.54, 1.807) is 18.5 Å². The van der Waals surface area contributed by atoms with Crippen molar-refractivity contribution in [3.8, 4) is 5.75 Å². The number of hydrogen-bond donors (Lipinski definition) is 3. The number of fused-ring (bicyclic) bond motifs is 1. The highest BCUT2D eigenvalue weighted by molar-refractivity contribution is 6.21.